The summed E-state index contributed by atoms with van der Waals surface area (Å²) in [5, 5.41) is 21.7. The molecule has 139 heavy (non-hydrogen) atoms. The number of nitrogens with two attached hydrogens (primary N) is 4. The van der Waals surface area contributed by atoms with Crippen molar-refractivity contribution in [2.45, 2.75) is 93.7 Å². The van der Waals surface area contributed by atoms with E-state index >= 15 is 0 Å². The summed E-state index contributed by atoms with van der Waals surface area (Å²) >= 11 is 59.1. The van der Waals surface area contributed by atoms with Gasteiger partial charge in [-0.1, -0.05) is 156 Å². The highest BCUT2D eigenvalue weighted by Crippen LogP contribution is 2.61. The van der Waals surface area contributed by atoms with Crippen LogP contribution in [0.1, 0.15) is 96.8 Å². The molecular formula is C92H89Br5Cl8N21O12P. The number of amides is 3. The maximum atomic E-state index is 12.4. The summed E-state index contributed by atoms with van der Waals surface area (Å²) in [6.07, 6.45) is 12.3. The number of aromatic carboxylic acids is 1. The van der Waals surface area contributed by atoms with Gasteiger partial charge in [-0.15, -0.1) is 4.91 Å². The number of carboxylic acids is 1. The van der Waals surface area contributed by atoms with Crippen LogP contribution in [0.4, 0.5) is 32.7 Å². The molecule has 9 aromatic carbocycles. The van der Waals surface area contributed by atoms with Crippen LogP contribution in [0.5, 0.6) is 11.5 Å². The number of hydrogen-bond acceptors (Lipinski definition) is 26. The number of carboxylic acid groups (broad SMARTS) is 1. The number of nitrogen functional groups attached to an aromatic ring is 2. The number of aromatic nitrogens is 14. The van der Waals surface area contributed by atoms with Crippen molar-refractivity contribution in [3.63, 3.8) is 0 Å². The second-order valence-corrected chi connectivity index (χ2v) is 43.8. The molecule has 0 radical (unpaired) electrons. The molecule has 0 unspecified atom stereocenters. The van der Waals surface area contributed by atoms with E-state index in [1.54, 1.807) is 53.8 Å². The monoisotopic (exact) mass is 2390 g/mol. The second kappa shape index (κ2) is 52.6. The Bertz CT molecular complexity index is 7150. The molecule has 16 aromatic rings. The quantitative estimate of drug-likeness (QED) is 0.0175. The van der Waals surface area contributed by atoms with Crippen LogP contribution < -0.4 is 49.0 Å². The number of likely N-dealkylation sites (tertiary alicyclic amines) is 1. The van der Waals surface area contributed by atoms with Crippen molar-refractivity contribution < 1.29 is 43.1 Å². The minimum atomic E-state index is -3.22. The van der Waals surface area contributed by atoms with Crippen LogP contribution in [0, 0.1) is 10.3 Å². The number of H-pyrrole nitrogens is 2. The van der Waals surface area contributed by atoms with E-state index in [4.69, 9.17) is 98.6 Å². The summed E-state index contributed by atoms with van der Waals surface area (Å²) in [5.74, 6) is 1.82. The molecule has 3 aliphatic rings. The minimum Gasteiger partial charge on any atom is -0.492 e. The number of halogens is 13. The number of aromatic amines is 2. The lowest BCUT2D eigenvalue weighted by atomic mass is 9.99. The van der Waals surface area contributed by atoms with Crippen LogP contribution in [0.15, 0.2) is 232 Å². The number of hydrogen-bond donors (Lipinski definition) is 8. The van der Waals surface area contributed by atoms with Crippen molar-refractivity contribution in [2.75, 3.05) is 49.7 Å². The number of rotatable bonds is 8. The van der Waals surface area contributed by atoms with Crippen molar-refractivity contribution in [3.8, 4) is 33.8 Å². The number of nitrogens with one attached hydrogen (secondary N) is 3. The van der Waals surface area contributed by atoms with Gasteiger partial charge in [-0.05, 0) is 265 Å². The Morgan fingerprint density at radius 1 is 0.554 bits per heavy atom. The highest BCUT2D eigenvalue weighted by atomic mass is 79.9. The van der Waals surface area contributed by atoms with Crippen LogP contribution >= 0.6 is 177 Å². The van der Waals surface area contributed by atoms with Crippen molar-refractivity contribution in [1.82, 2.24) is 74.5 Å². The maximum Gasteiger partial charge on any atom is 0.410 e. The molecule has 3 aliphatic heterocycles. The van der Waals surface area contributed by atoms with E-state index in [0.29, 0.717) is 63.1 Å². The van der Waals surface area contributed by atoms with E-state index in [1.165, 1.54) is 17.2 Å². The Kier molecular flexibility index (Phi) is 43.0. The average molecular weight is 2390 g/mol. The summed E-state index contributed by atoms with van der Waals surface area (Å²) in [7, 11) is 0. The normalized spacial score (nSPS) is 12.1. The predicted molar refractivity (Wildman–Crippen MR) is 573 cm³/mol. The number of para-hydroxylation sites is 9. The van der Waals surface area contributed by atoms with E-state index in [1.807, 2.05) is 144 Å². The number of urea groups is 1. The van der Waals surface area contributed by atoms with Gasteiger partial charge in [0, 0.05) is 122 Å². The molecule has 12 N–H and O–H groups in total. The summed E-state index contributed by atoms with van der Waals surface area (Å²) < 4.78 is 32.7. The number of benzene rings is 9. The number of carbonyl (C=O) groups excluding carboxylic acids is 2. The number of nitrogens with zero attached hydrogens (tertiary/aromatic N) is 14. The fourth-order valence-electron chi connectivity index (χ4n) is 13.1. The molecule has 1 saturated heterocycles. The average Bonchev–Trinajstić information content (AvgIpc) is 1.76. The summed E-state index contributed by atoms with van der Waals surface area (Å²) in [6, 6.07) is 51.0. The Labute approximate surface area is 878 Å². The molecule has 0 bridgehead atoms. The van der Waals surface area contributed by atoms with Gasteiger partial charge >= 0.3 is 29.0 Å². The van der Waals surface area contributed by atoms with Gasteiger partial charge in [0.15, 0.2) is 5.34 Å². The fourth-order valence-corrected chi connectivity index (χ4v) is 16.2. The van der Waals surface area contributed by atoms with E-state index in [0.717, 1.165) is 140 Å². The van der Waals surface area contributed by atoms with Gasteiger partial charge in [-0.25, -0.2) is 69.0 Å². The number of ether oxygens (including phenoxy) is 3. The Morgan fingerprint density at radius 3 is 1.51 bits per heavy atom. The summed E-state index contributed by atoms with van der Waals surface area (Å²) in [4.78, 5) is 116. The zero-order valence-electron chi connectivity index (χ0n) is 72.8. The number of fused-ring (bicyclic) bond motifs is 8. The minimum absolute atomic E-state index is 0. The summed E-state index contributed by atoms with van der Waals surface area (Å²) in [6.45, 7) is 14.7. The van der Waals surface area contributed by atoms with E-state index in [-0.39, 0.29) is 70.3 Å². The topological polar surface area (TPSA) is 487 Å². The molecule has 33 nitrogen and oxygen atoms in total. The maximum absolute atomic E-state index is 12.4. The highest BCUT2D eigenvalue weighted by molar-refractivity contribution is 9.11. The molecule has 0 atom stereocenters. The molecule has 47 heteroatoms. The Morgan fingerprint density at radius 2 is 0.993 bits per heavy atom. The second-order valence-electron chi connectivity index (χ2n) is 31.2. The van der Waals surface area contributed by atoms with Crippen molar-refractivity contribution in [2.24, 2.45) is 22.2 Å². The van der Waals surface area contributed by atoms with Gasteiger partial charge in [0.1, 0.15) is 34.7 Å². The van der Waals surface area contributed by atoms with Gasteiger partial charge in [0.05, 0.1) is 80.9 Å². The molecule has 7 aromatic heterocycles. The summed E-state index contributed by atoms with van der Waals surface area (Å²) in [5.41, 5.74) is 30.7. The first-order chi connectivity index (χ1) is 64.9. The molecular weight excluding hydrogens is 2310 g/mol. The zero-order valence-corrected chi connectivity index (χ0v) is 87.7. The number of piperidine rings is 1. The SMILES string of the molecule is C.C.CC(C)(C)CON=O.CC(C)(C)OC(=O)N1CCC(n2cc(Nc3ncc4cccc(-c5cccc6c5OCC6)c4n3)cn2)CC1.Clc1nc(Cl)c2cccc(Br)c2n1.Clc1ncc2cccc(-c3cccc4c3OCC4)c2n1.Clc1ncc2cccc(Br)c2n1.NC(N)=O.Nc1c(Br)cccc1C(=O)O.Nc1nc(Cl)nc2c(Br)cccc12.O=P(Cl)(Cl)Cl.O=c1[nH]c(=O)c2cccc(Br)c2[nH]1. The van der Waals surface area contributed by atoms with E-state index in [2.05, 4.69) is 243 Å². The Hall–Kier alpha value is -10.8. The molecule has 3 amide bonds. The third-order valence-electron chi connectivity index (χ3n) is 18.9. The van der Waals surface area contributed by atoms with Gasteiger partial charge in [0.2, 0.25) is 27.1 Å². The number of carbonyl (C=O) groups is 3. The van der Waals surface area contributed by atoms with Crippen LogP contribution in [0.25, 0.3) is 87.7 Å². The van der Waals surface area contributed by atoms with E-state index < -0.39 is 28.5 Å². The first-order valence-corrected chi connectivity index (χ1v) is 50.7. The fraction of sp³-hybridized carbons (Fsp3) is 0.217. The number of anilines is 4. The molecule has 0 aliphatic carbocycles. The lowest BCUT2D eigenvalue weighted by molar-refractivity contribution is 0.0184. The molecule has 19 rings (SSSR count). The lowest BCUT2D eigenvalue weighted by Crippen LogP contribution is -2.42. The van der Waals surface area contributed by atoms with Crippen LogP contribution in [0.2, 0.25) is 26.3 Å². The predicted octanol–water partition coefficient (Wildman–Crippen LogP) is 26.5. The van der Waals surface area contributed by atoms with Gasteiger partial charge in [0.25, 0.3) is 5.56 Å². The van der Waals surface area contributed by atoms with Crippen LogP contribution in [0.3, 0.4) is 0 Å². The largest absolute Gasteiger partial charge is 0.492 e. The molecule has 730 valence electrons. The van der Waals surface area contributed by atoms with Gasteiger partial charge in [-0.2, -0.15) is 5.10 Å². The van der Waals surface area contributed by atoms with Crippen LogP contribution in [-0.2, 0) is 27.0 Å². The van der Waals surface area contributed by atoms with Gasteiger partial charge < -0.3 is 62.3 Å². The highest BCUT2D eigenvalue weighted by Gasteiger charge is 2.29. The lowest BCUT2D eigenvalue weighted by Gasteiger charge is -2.33. The molecule has 0 saturated carbocycles. The molecule has 1 fully saturated rings. The molecule has 0 spiro atoms. The van der Waals surface area contributed by atoms with Crippen LogP contribution in [-0.4, -0.2) is 136 Å². The van der Waals surface area contributed by atoms with E-state index in [9.17, 15) is 28.7 Å². The van der Waals surface area contributed by atoms with Crippen molar-refractivity contribution >= 4 is 283 Å². The van der Waals surface area contributed by atoms with Crippen molar-refractivity contribution in [1.29, 1.82) is 0 Å². The molecule has 10 heterocycles. The Balaban J connectivity index is 0.000000202. The standard InChI is InChI=1S/C29H32N6O3.C16H11ClN2O.C8H3BrCl2N2.C8H5BrClN3.C8H4BrClN2.C8H5BrN2O2.C7H6BrNO2.C5H11NO2.CH4N2O.2CH4.Cl3OP/c1-29(2,3)38-28(36)34-13-10-22(11-14-34)35-18-21(17-31-35)32-27-30-16-20-7-5-8-23(25(20)33-27)24-9-4-6-19-12-15-37-26(19)24;17-16-18-9-11-4-2-5-12(14(11)19-16)13-6-1-3-10-7-8-20-15(10)13;9-5-3-1-2-4-6(5)12-8(11)13-7(4)10;9-5-3-1-2-4-6(5)12-8(10)13-7(4)11;9-6-3-1-2-5-4-11-8(10)12-7(5)6;9-5-3-1-2-4-6(5)10-8(13)11-7(4)12;8-5-3-1-2-4(6(5)9)7(10)11;1-5(2,3)4-8-6-7;2-1(3)4;;;1-5(2,3)4/h4-9,16-18,22H,10-15H2,1-3H3,(H,30,32,33);1-6,9H,7-8H2;1-3H;1-3H,(H2,11,12,13);1-4H;1-3H,(H2,10,11,12,13);1-3H,9H2,(H,10,11);4H2,1-3H3;(H4,2,3,4);2*1H4;. The van der Waals surface area contributed by atoms with Crippen molar-refractivity contribution in [3.05, 3.63) is 286 Å². The number of primary amides is 2. The first-order valence-electron chi connectivity index (χ1n) is 40.4. The van der Waals surface area contributed by atoms with Gasteiger partial charge in [-0.3, -0.25) is 19.0 Å². The third-order valence-corrected chi connectivity index (χ3v) is 23.2. The first kappa shape index (κ1) is 113. The third kappa shape index (κ3) is 33.7. The zero-order chi connectivity index (χ0) is 99.8. The smallest absolute Gasteiger partial charge is 0.410 e.